The molecule has 1 N–H and O–H groups in total. The van der Waals surface area contributed by atoms with E-state index in [1.54, 1.807) is 11.9 Å². The predicted molar refractivity (Wildman–Crippen MR) is 72.8 cm³/mol. The van der Waals surface area contributed by atoms with Gasteiger partial charge in [-0.25, -0.2) is 4.68 Å². The third kappa shape index (κ3) is 2.05. The van der Waals surface area contributed by atoms with E-state index < -0.39 is 5.54 Å². The molecule has 1 unspecified atom stereocenters. The van der Waals surface area contributed by atoms with E-state index in [1.807, 2.05) is 0 Å². The van der Waals surface area contributed by atoms with Crippen LogP contribution < -0.4 is 10.1 Å². The lowest BCUT2D eigenvalue weighted by molar-refractivity contribution is -0.133. The fourth-order valence-electron chi connectivity index (χ4n) is 3.29. The molecule has 1 aromatic heterocycles. The molecule has 114 valence electrons. The third-order valence-corrected chi connectivity index (χ3v) is 4.31. The lowest BCUT2D eigenvalue weighted by Crippen LogP contribution is -2.60. The minimum Gasteiger partial charge on any atom is -0.467 e. The Kier molecular flexibility index (Phi) is 3.30. The Morgan fingerprint density at radius 1 is 1.38 bits per heavy atom. The third-order valence-electron chi connectivity index (χ3n) is 4.31. The SMILES string of the molecule is COc1nc(C(=O)N2CCCC23CCCNC3=O)nn1C. The van der Waals surface area contributed by atoms with Crippen LogP contribution in [0.1, 0.15) is 36.3 Å². The normalized spacial score (nSPS) is 25.2. The zero-order chi connectivity index (χ0) is 15.0. The number of likely N-dealkylation sites (tertiary alicyclic amines) is 1. The minimum atomic E-state index is -0.720. The molecule has 2 amide bonds. The van der Waals surface area contributed by atoms with Crippen molar-refractivity contribution < 1.29 is 14.3 Å². The Bertz CT molecular complexity index is 584. The summed E-state index contributed by atoms with van der Waals surface area (Å²) in [5.74, 6) is -0.278. The van der Waals surface area contributed by atoms with E-state index in [4.69, 9.17) is 4.74 Å². The minimum absolute atomic E-state index is 0.0532. The van der Waals surface area contributed by atoms with Crippen molar-refractivity contribution in [3.05, 3.63) is 5.82 Å². The van der Waals surface area contributed by atoms with Crippen LogP contribution in [-0.4, -0.2) is 57.2 Å². The number of carbonyl (C=O) groups excluding carboxylic acids is 2. The van der Waals surface area contributed by atoms with E-state index in [2.05, 4.69) is 15.4 Å². The van der Waals surface area contributed by atoms with Crippen LogP contribution in [0.15, 0.2) is 0 Å². The van der Waals surface area contributed by atoms with Crippen LogP contribution in [0.4, 0.5) is 0 Å². The Hall–Kier alpha value is -2.12. The lowest BCUT2D eigenvalue weighted by atomic mass is 9.86. The van der Waals surface area contributed by atoms with E-state index in [0.717, 1.165) is 12.8 Å². The Morgan fingerprint density at radius 3 is 2.81 bits per heavy atom. The van der Waals surface area contributed by atoms with Crippen molar-refractivity contribution in [3.8, 4) is 6.01 Å². The summed E-state index contributed by atoms with van der Waals surface area (Å²) in [6.07, 6.45) is 3.11. The fraction of sp³-hybridized carbons (Fsp3) is 0.692. The van der Waals surface area contributed by atoms with Gasteiger partial charge in [-0.2, -0.15) is 4.98 Å². The van der Waals surface area contributed by atoms with E-state index in [9.17, 15) is 9.59 Å². The van der Waals surface area contributed by atoms with Gasteiger partial charge in [0.1, 0.15) is 5.54 Å². The number of aromatic nitrogens is 3. The quantitative estimate of drug-likeness (QED) is 0.809. The maximum Gasteiger partial charge on any atom is 0.314 e. The summed E-state index contributed by atoms with van der Waals surface area (Å²) in [4.78, 5) is 30.7. The zero-order valence-electron chi connectivity index (χ0n) is 12.3. The smallest absolute Gasteiger partial charge is 0.314 e. The van der Waals surface area contributed by atoms with Crippen LogP contribution in [0.2, 0.25) is 0 Å². The molecule has 0 aliphatic carbocycles. The van der Waals surface area contributed by atoms with Crippen molar-refractivity contribution in [2.24, 2.45) is 7.05 Å². The number of piperidine rings is 1. The van der Waals surface area contributed by atoms with Crippen molar-refractivity contribution in [2.45, 2.75) is 31.2 Å². The number of amides is 2. The van der Waals surface area contributed by atoms with Crippen molar-refractivity contribution in [3.63, 3.8) is 0 Å². The number of carbonyl (C=O) groups is 2. The van der Waals surface area contributed by atoms with Crippen LogP contribution in [0, 0.1) is 0 Å². The monoisotopic (exact) mass is 293 g/mol. The maximum atomic E-state index is 12.7. The van der Waals surface area contributed by atoms with Gasteiger partial charge < -0.3 is 15.0 Å². The Balaban J connectivity index is 1.90. The van der Waals surface area contributed by atoms with Gasteiger partial charge >= 0.3 is 6.01 Å². The summed E-state index contributed by atoms with van der Waals surface area (Å²) in [6.45, 7) is 1.24. The number of methoxy groups -OCH3 is 1. The van der Waals surface area contributed by atoms with Gasteiger partial charge in [0, 0.05) is 20.1 Å². The molecule has 0 radical (unpaired) electrons. The number of rotatable bonds is 2. The fourth-order valence-corrected chi connectivity index (χ4v) is 3.29. The highest BCUT2D eigenvalue weighted by atomic mass is 16.5. The van der Waals surface area contributed by atoms with Crippen LogP contribution in [-0.2, 0) is 11.8 Å². The van der Waals surface area contributed by atoms with Gasteiger partial charge in [-0.3, -0.25) is 9.59 Å². The van der Waals surface area contributed by atoms with Gasteiger partial charge in [0.15, 0.2) is 0 Å². The second-order valence-electron chi connectivity index (χ2n) is 5.50. The number of nitrogens with zero attached hydrogens (tertiary/aromatic N) is 4. The van der Waals surface area contributed by atoms with Crippen molar-refractivity contribution in [2.75, 3.05) is 20.2 Å². The van der Waals surface area contributed by atoms with Crippen LogP contribution >= 0.6 is 0 Å². The molecular weight excluding hydrogens is 274 g/mol. The Labute approximate surface area is 122 Å². The molecule has 21 heavy (non-hydrogen) atoms. The number of ether oxygens (including phenoxy) is 1. The molecule has 2 aliphatic heterocycles. The summed E-state index contributed by atoms with van der Waals surface area (Å²) in [5, 5.41) is 6.96. The first-order valence-electron chi connectivity index (χ1n) is 7.14. The highest BCUT2D eigenvalue weighted by Crippen LogP contribution is 2.36. The van der Waals surface area contributed by atoms with Gasteiger partial charge in [0.25, 0.3) is 5.91 Å². The highest BCUT2D eigenvalue weighted by Gasteiger charge is 2.51. The molecule has 2 fully saturated rings. The molecule has 2 saturated heterocycles. The molecule has 1 aromatic rings. The van der Waals surface area contributed by atoms with E-state index in [-0.39, 0.29) is 23.6 Å². The predicted octanol–water partition coefficient (Wildman–Crippen LogP) is -0.291. The van der Waals surface area contributed by atoms with Crippen molar-refractivity contribution in [1.82, 2.24) is 25.0 Å². The maximum absolute atomic E-state index is 12.7. The first-order valence-corrected chi connectivity index (χ1v) is 7.14. The number of hydrogen-bond acceptors (Lipinski definition) is 5. The average molecular weight is 293 g/mol. The molecule has 0 bridgehead atoms. The molecule has 2 aliphatic rings. The van der Waals surface area contributed by atoms with Crippen LogP contribution in [0.25, 0.3) is 0 Å². The standard InChI is InChI=1S/C13H19N5O3/c1-17-12(21-2)15-9(16-17)10(19)18-8-4-6-13(18)5-3-7-14-11(13)20/h3-8H2,1-2H3,(H,14,20). The first kappa shape index (κ1) is 13.8. The number of aryl methyl sites for hydroxylation is 1. The lowest BCUT2D eigenvalue weighted by Gasteiger charge is -2.39. The zero-order valence-corrected chi connectivity index (χ0v) is 12.3. The molecule has 1 atom stereocenters. The Morgan fingerprint density at radius 2 is 2.14 bits per heavy atom. The summed E-state index contributed by atoms with van der Waals surface area (Å²) in [7, 11) is 3.14. The molecule has 8 nitrogen and oxygen atoms in total. The highest BCUT2D eigenvalue weighted by molar-refractivity contribution is 5.97. The average Bonchev–Trinajstić information content (AvgIpc) is 3.06. The second-order valence-corrected chi connectivity index (χ2v) is 5.50. The van der Waals surface area contributed by atoms with Crippen LogP contribution in [0.3, 0.4) is 0 Å². The molecular formula is C13H19N5O3. The van der Waals surface area contributed by atoms with Gasteiger partial charge in [0.05, 0.1) is 7.11 Å². The van der Waals surface area contributed by atoms with Gasteiger partial charge in [0.2, 0.25) is 11.7 Å². The topological polar surface area (TPSA) is 89.3 Å². The van der Waals surface area contributed by atoms with E-state index in [0.29, 0.717) is 25.9 Å². The summed E-state index contributed by atoms with van der Waals surface area (Å²) in [6, 6.07) is 0.277. The molecule has 8 heteroatoms. The van der Waals surface area contributed by atoms with Gasteiger partial charge in [-0.05, 0) is 25.7 Å². The summed E-state index contributed by atoms with van der Waals surface area (Å²) < 4.78 is 6.45. The molecule has 3 heterocycles. The molecule has 0 saturated carbocycles. The van der Waals surface area contributed by atoms with E-state index >= 15 is 0 Å². The van der Waals surface area contributed by atoms with Crippen LogP contribution in [0.5, 0.6) is 6.01 Å². The van der Waals surface area contributed by atoms with Crippen molar-refractivity contribution >= 4 is 11.8 Å². The second kappa shape index (κ2) is 5.01. The summed E-state index contributed by atoms with van der Waals surface area (Å²) >= 11 is 0. The first-order chi connectivity index (χ1) is 10.1. The largest absolute Gasteiger partial charge is 0.467 e. The van der Waals surface area contributed by atoms with E-state index in [1.165, 1.54) is 11.8 Å². The molecule has 3 rings (SSSR count). The van der Waals surface area contributed by atoms with Gasteiger partial charge in [-0.1, -0.05) is 0 Å². The molecule has 0 aromatic carbocycles. The number of nitrogens with one attached hydrogen (secondary N) is 1. The number of hydrogen-bond donors (Lipinski definition) is 1. The van der Waals surface area contributed by atoms with Crippen molar-refractivity contribution in [1.29, 1.82) is 0 Å². The summed E-state index contributed by atoms with van der Waals surface area (Å²) in [5.41, 5.74) is -0.720. The molecule has 1 spiro atoms. The van der Waals surface area contributed by atoms with Gasteiger partial charge in [-0.15, -0.1) is 5.10 Å².